The van der Waals surface area contributed by atoms with Gasteiger partial charge in [0.25, 0.3) is 0 Å². The van der Waals surface area contributed by atoms with Crippen LogP contribution in [0, 0.1) is 0 Å². The average Bonchev–Trinajstić information content (AvgIpc) is 2.89. The summed E-state index contributed by atoms with van der Waals surface area (Å²) in [5.74, 6) is 0. The summed E-state index contributed by atoms with van der Waals surface area (Å²) in [6.45, 7) is 0. The summed E-state index contributed by atoms with van der Waals surface area (Å²) in [6, 6.07) is 22.2. The Kier molecular flexibility index (Phi) is 3.19. The molecule has 1 aliphatic rings. The van der Waals surface area contributed by atoms with E-state index in [1.165, 1.54) is 38.5 Å². The zero-order valence-electron chi connectivity index (χ0n) is 11.6. The second-order valence-electron chi connectivity index (χ2n) is 5.64. The highest BCUT2D eigenvalue weighted by molar-refractivity contribution is 9.10. The molecule has 1 unspecified atom stereocenters. The molecule has 0 saturated heterocycles. The Balaban J connectivity index is 1.64. The molecule has 0 spiro atoms. The molecule has 0 bridgehead atoms. The van der Waals surface area contributed by atoms with Crippen LogP contribution in [0.4, 0.5) is 5.69 Å². The van der Waals surface area contributed by atoms with Gasteiger partial charge in [-0.25, -0.2) is 0 Å². The molecule has 1 atom stereocenters. The van der Waals surface area contributed by atoms with Gasteiger partial charge in [-0.15, -0.1) is 0 Å². The number of anilines is 1. The van der Waals surface area contributed by atoms with Crippen LogP contribution in [0.25, 0.3) is 10.8 Å². The summed E-state index contributed by atoms with van der Waals surface area (Å²) in [7, 11) is 0. The lowest BCUT2D eigenvalue weighted by atomic mass is 10.1. The summed E-state index contributed by atoms with van der Waals surface area (Å²) < 4.78 is 1.17. The van der Waals surface area contributed by atoms with Crippen molar-refractivity contribution in [3.63, 3.8) is 0 Å². The molecule has 0 amide bonds. The van der Waals surface area contributed by atoms with E-state index in [9.17, 15) is 0 Å². The third-order valence-corrected chi connectivity index (χ3v) is 4.77. The van der Waals surface area contributed by atoms with Crippen molar-refractivity contribution in [2.75, 3.05) is 5.32 Å². The van der Waals surface area contributed by atoms with E-state index >= 15 is 0 Å². The second kappa shape index (κ2) is 5.19. The Labute approximate surface area is 133 Å². The number of fused-ring (bicyclic) bond motifs is 2. The van der Waals surface area contributed by atoms with Crippen LogP contribution in [0.5, 0.6) is 0 Å². The van der Waals surface area contributed by atoms with E-state index in [0.717, 1.165) is 6.42 Å². The second-order valence-corrected chi connectivity index (χ2v) is 6.56. The van der Waals surface area contributed by atoms with E-state index in [1.54, 1.807) is 0 Å². The first kappa shape index (κ1) is 12.9. The fourth-order valence-electron chi connectivity index (χ4n) is 3.22. The van der Waals surface area contributed by atoms with Crippen molar-refractivity contribution >= 4 is 32.4 Å². The number of hydrogen-bond donors (Lipinski definition) is 1. The van der Waals surface area contributed by atoms with Crippen molar-refractivity contribution in [1.29, 1.82) is 0 Å². The van der Waals surface area contributed by atoms with Gasteiger partial charge in [-0.2, -0.15) is 0 Å². The molecule has 104 valence electrons. The van der Waals surface area contributed by atoms with Crippen LogP contribution in [0.3, 0.4) is 0 Å². The number of nitrogens with one attached hydrogen (secondary N) is 1. The van der Waals surface area contributed by atoms with Crippen molar-refractivity contribution in [2.45, 2.75) is 18.9 Å². The molecule has 21 heavy (non-hydrogen) atoms. The molecule has 4 rings (SSSR count). The van der Waals surface area contributed by atoms with Crippen LogP contribution in [-0.2, 0) is 6.42 Å². The lowest BCUT2D eigenvalue weighted by Gasteiger charge is -2.16. The summed E-state index contributed by atoms with van der Waals surface area (Å²) in [5.41, 5.74) is 4.10. The third kappa shape index (κ3) is 2.44. The fourth-order valence-corrected chi connectivity index (χ4v) is 3.62. The minimum absolute atomic E-state index is 0.425. The van der Waals surface area contributed by atoms with Gasteiger partial charge < -0.3 is 5.32 Å². The third-order valence-electron chi connectivity index (χ3n) is 4.27. The molecule has 0 aliphatic heterocycles. The van der Waals surface area contributed by atoms with Crippen molar-refractivity contribution in [3.05, 3.63) is 76.3 Å². The van der Waals surface area contributed by atoms with Gasteiger partial charge in [-0.3, -0.25) is 0 Å². The highest BCUT2D eigenvalue weighted by Gasteiger charge is 2.22. The molecule has 2 heteroatoms. The van der Waals surface area contributed by atoms with Gasteiger partial charge in [-0.1, -0.05) is 52.3 Å². The van der Waals surface area contributed by atoms with Crippen LogP contribution in [0.2, 0.25) is 0 Å². The maximum atomic E-state index is 3.69. The number of rotatable bonds is 2. The zero-order valence-corrected chi connectivity index (χ0v) is 13.2. The summed E-state index contributed by atoms with van der Waals surface area (Å²) >= 11 is 3.56. The van der Waals surface area contributed by atoms with Crippen molar-refractivity contribution < 1.29 is 0 Å². The van der Waals surface area contributed by atoms with E-state index in [2.05, 4.69) is 81.9 Å². The zero-order chi connectivity index (χ0) is 14.2. The molecule has 3 aromatic rings. The average molecular weight is 338 g/mol. The van der Waals surface area contributed by atoms with Crippen LogP contribution in [0.15, 0.2) is 65.1 Å². The normalized spacial score (nSPS) is 16.9. The maximum Gasteiger partial charge on any atom is 0.0519 e. The smallest absolute Gasteiger partial charge is 0.0519 e. The number of aryl methyl sites for hydroxylation is 1. The molecule has 0 heterocycles. The number of halogens is 1. The predicted octanol–water partition coefficient (Wildman–Crippen LogP) is 5.70. The largest absolute Gasteiger partial charge is 0.378 e. The van der Waals surface area contributed by atoms with E-state index in [0.29, 0.717) is 6.04 Å². The van der Waals surface area contributed by atoms with Gasteiger partial charge in [-0.05, 0) is 59.0 Å². The first-order valence-corrected chi connectivity index (χ1v) is 8.12. The molecule has 3 aromatic carbocycles. The predicted molar refractivity (Wildman–Crippen MR) is 92.8 cm³/mol. The highest BCUT2D eigenvalue weighted by Crippen LogP contribution is 2.35. The lowest BCUT2D eigenvalue weighted by Crippen LogP contribution is -2.06. The highest BCUT2D eigenvalue weighted by atomic mass is 79.9. The molecule has 0 radical (unpaired) electrons. The molecule has 0 aromatic heterocycles. The minimum Gasteiger partial charge on any atom is -0.378 e. The van der Waals surface area contributed by atoms with Gasteiger partial charge >= 0.3 is 0 Å². The number of hydrogen-bond acceptors (Lipinski definition) is 1. The monoisotopic (exact) mass is 337 g/mol. The van der Waals surface area contributed by atoms with Crippen LogP contribution >= 0.6 is 15.9 Å². The van der Waals surface area contributed by atoms with Gasteiger partial charge in [0.2, 0.25) is 0 Å². The molecule has 0 saturated carbocycles. The van der Waals surface area contributed by atoms with Gasteiger partial charge in [0.05, 0.1) is 6.04 Å². The summed E-state index contributed by atoms with van der Waals surface area (Å²) in [6.07, 6.45) is 2.32. The van der Waals surface area contributed by atoms with E-state index in [4.69, 9.17) is 0 Å². The fraction of sp³-hybridized carbons (Fsp3) is 0.158. The minimum atomic E-state index is 0.425. The summed E-state index contributed by atoms with van der Waals surface area (Å²) in [5, 5.41) is 6.27. The van der Waals surface area contributed by atoms with E-state index in [-0.39, 0.29) is 0 Å². The summed E-state index contributed by atoms with van der Waals surface area (Å²) in [4.78, 5) is 0. The van der Waals surface area contributed by atoms with Gasteiger partial charge in [0, 0.05) is 10.2 Å². The molecule has 1 nitrogen and oxygen atoms in total. The SMILES string of the molecule is Brc1ccc2c(c1)CCC2Nc1ccc2ccccc2c1. The Morgan fingerprint density at radius 3 is 2.67 bits per heavy atom. The standard InChI is InChI=1S/C19H16BrN/c20-16-7-9-18-15(11-16)6-10-19(18)21-17-8-5-13-3-1-2-4-14(13)12-17/h1-5,7-9,11-12,19,21H,6,10H2. The Morgan fingerprint density at radius 2 is 1.76 bits per heavy atom. The molecule has 1 N–H and O–H groups in total. The first-order valence-electron chi connectivity index (χ1n) is 7.33. The Hall–Kier alpha value is -1.80. The molecular weight excluding hydrogens is 322 g/mol. The molecular formula is C19H16BrN. The van der Waals surface area contributed by atoms with Crippen LogP contribution in [-0.4, -0.2) is 0 Å². The number of benzene rings is 3. The van der Waals surface area contributed by atoms with E-state index < -0.39 is 0 Å². The quantitative estimate of drug-likeness (QED) is 0.632. The first-order chi connectivity index (χ1) is 10.3. The van der Waals surface area contributed by atoms with Crippen LogP contribution < -0.4 is 5.32 Å². The van der Waals surface area contributed by atoms with E-state index in [1.807, 2.05) is 0 Å². The lowest BCUT2D eigenvalue weighted by molar-refractivity contribution is 0.762. The Bertz CT molecular complexity index is 810. The topological polar surface area (TPSA) is 12.0 Å². The van der Waals surface area contributed by atoms with Gasteiger partial charge in [0.1, 0.15) is 0 Å². The van der Waals surface area contributed by atoms with Crippen molar-refractivity contribution in [1.82, 2.24) is 0 Å². The molecule has 0 fully saturated rings. The van der Waals surface area contributed by atoms with Gasteiger partial charge in [0.15, 0.2) is 0 Å². The van der Waals surface area contributed by atoms with Crippen molar-refractivity contribution in [3.8, 4) is 0 Å². The maximum absolute atomic E-state index is 3.69. The Morgan fingerprint density at radius 1 is 0.905 bits per heavy atom. The van der Waals surface area contributed by atoms with Crippen molar-refractivity contribution in [2.24, 2.45) is 0 Å². The van der Waals surface area contributed by atoms with Crippen LogP contribution in [0.1, 0.15) is 23.6 Å². The molecule has 1 aliphatic carbocycles.